The molecule has 0 aliphatic rings. The third-order valence-corrected chi connectivity index (χ3v) is 11.5. The molecule has 0 saturated heterocycles. The maximum absolute atomic E-state index is 16.5. The van der Waals surface area contributed by atoms with Gasteiger partial charge in [-0.1, -0.05) is 84.9 Å². The fourth-order valence-electron chi connectivity index (χ4n) is 8.80. The van der Waals surface area contributed by atoms with Crippen molar-refractivity contribution in [2.75, 3.05) is 0 Å². The predicted octanol–water partition coefficient (Wildman–Crippen LogP) is 15.8. The minimum Gasteiger partial charge on any atom is -0.205 e. The molecule has 0 nitrogen and oxygen atoms in total. The Morgan fingerprint density at radius 3 is 0.938 bits per heavy atom. The van der Waals surface area contributed by atoms with Gasteiger partial charge >= 0.3 is 0 Å². The minimum atomic E-state index is -2.67. The fourth-order valence-corrected chi connectivity index (χ4v) is 8.80. The zero-order valence-corrected chi connectivity index (χ0v) is 31.1. The lowest BCUT2D eigenvalue weighted by molar-refractivity contribution is 0.381. The molecule has 318 valence electrons. The maximum atomic E-state index is 16.5. The molecule has 10 aromatic rings. The van der Waals surface area contributed by atoms with E-state index in [1.165, 1.54) is 78.9 Å². The third-order valence-electron chi connectivity index (χ3n) is 11.5. The van der Waals surface area contributed by atoms with Crippen molar-refractivity contribution in [2.24, 2.45) is 0 Å². The summed E-state index contributed by atoms with van der Waals surface area (Å²) < 4.78 is 246. The second kappa shape index (κ2) is 14.1. The van der Waals surface area contributed by atoms with Gasteiger partial charge in [-0.2, -0.15) is 0 Å². The molecule has 0 aliphatic heterocycles. The molecule has 0 saturated carbocycles. The van der Waals surface area contributed by atoms with E-state index < -0.39 is 148 Å². The molecule has 0 radical (unpaired) electrons. The number of hydrogen-bond donors (Lipinski definition) is 0. The average molecular weight is 895 g/mol. The van der Waals surface area contributed by atoms with Crippen molar-refractivity contribution in [3.63, 3.8) is 0 Å². The highest BCUT2D eigenvalue weighted by Crippen LogP contribution is 2.50. The van der Waals surface area contributed by atoms with Crippen molar-refractivity contribution in [3.05, 3.63) is 178 Å². The van der Waals surface area contributed by atoms with Crippen molar-refractivity contribution in [2.45, 2.75) is 0 Å². The largest absolute Gasteiger partial charge is 0.205 e. The van der Waals surface area contributed by atoms with Gasteiger partial charge in [-0.3, -0.25) is 0 Å². The van der Waals surface area contributed by atoms with Gasteiger partial charge in [0.05, 0.1) is 21.7 Å². The molecule has 0 amide bonds. The maximum Gasteiger partial charge on any atom is 0.200 e. The van der Waals surface area contributed by atoms with Gasteiger partial charge in [0.25, 0.3) is 0 Å². The van der Waals surface area contributed by atoms with Crippen molar-refractivity contribution in [3.8, 4) is 33.4 Å². The van der Waals surface area contributed by atoms with Gasteiger partial charge < -0.3 is 0 Å². The van der Waals surface area contributed by atoms with Crippen molar-refractivity contribution in [1.82, 2.24) is 0 Å². The van der Waals surface area contributed by atoms with Crippen molar-refractivity contribution in [1.29, 1.82) is 0 Å². The van der Waals surface area contributed by atoms with Gasteiger partial charge in [0.15, 0.2) is 75.6 Å². The monoisotopic (exact) mass is 894 g/mol. The van der Waals surface area contributed by atoms with E-state index in [4.69, 9.17) is 0 Å². The normalized spacial score (nSPS) is 12.1. The number of hydrogen-bond acceptors (Lipinski definition) is 0. The molecule has 0 aromatic heterocycles. The Labute approximate surface area is 345 Å². The van der Waals surface area contributed by atoms with Crippen LogP contribution in [0.25, 0.3) is 98.0 Å². The van der Waals surface area contributed by atoms with Crippen molar-refractivity contribution >= 4 is 64.6 Å². The second-order valence-electron chi connectivity index (χ2n) is 14.6. The van der Waals surface area contributed by atoms with E-state index >= 15 is 43.9 Å². The molecule has 64 heavy (non-hydrogen) atoms. The van der Waals surface area contributed by atoms with Crippen LogP contribution in [0.15, 0.2) is 84.9 Å². The van der Waals surface area contributed by atoms with Crippen LogP contribution in [0.5, 0.6) is 0 Å². The van der Waals surface area contributed by atoms with Crippen LogP contribution in [0.4, 0.5) is 70.2 Å². The summed E-state index contributed by atoms with van der Waals surface area (Å²) in [6.07, 6.45) is 0. The Kier molecular flexibility index (Phi) is 8.95. The Morgan fingerprint density at radius 1 is 0.172 bits per heavy atom. The number of benzene rings is 10. The highest BCUT2D eigenvalue weighted by Gasteiger charge is 2.36. The highest BCUT2D eigenvalue weighted by atomic mass is 19.2. The standard InChI is InChI=1S/C48H14F16/c49-33-28-27-26(36(52)38(54)30(28)34(50)32-31(33)41(57)44(60)45(61)42(32)58)25(35(51)43(59)37(27)53)18-14-6-11-15-16(18)12-5-13-17(15)23-19-7-1-3-9-21(19)24(22-10-4-2-8-20(22)23)29-39(55)46(62)48(64)47(63)40(29)56/h1-14H. The lowest BCUT2D eigenvalue weighted by Crippen LogP contribution is -2.07. The Hall–Kier alpha value is -7.36. The highest BCUT2D eigenvalue weighted by molar-refractivity contribution is 6.25. The van der Waals surface area contributed by atoms with E-state index in [0.717, 1.165) is 6.07 Å². The summed E-state index contributed by atoms with van der Waals surface area (Å²) >= 11 is 0. The average Bonchev–Trinajstić information content (AvgIpc) is 3.30. The van der Waals surface area contributed by atoms with Gasteiger partial charge in [-0.25, -0.2) is 70.2 Å². The van der Waals surface area contributed by atoms with Gasteiger partial charge in [0, 0.05) is 27.3 Å². The summed E-state index contributed by atoms with van der Waals surface area (Å²) in [7, 11) is 0. The second-order valence-corrected chi connectivity index (χ2v) is 14.6. The smallest absolute Gasteiger partial charge is 0.200 e. The summed E-state index contributed by atoms with van der Waals surface area (Å²) in [5.41, 5.74) is -3.10. The Morgan fingerprint density at radius 2 is 0.453 bits per heavy atom. The molecule has 0 spiro atoms. The van der Waals surface area contributed by atoms with Crippen LogP contribution in [-0.4, -0.2) is 0 Å². The fraction of sp³-hybridized carbons (Fsp3) is 0. The van der Waals surface area contributed by atoms with Gasteiger partial charge in [0.2, 0.25) is 5.82 Å². The molecule has 10 rings (SSSR count). The summed E-state index contributed by atoms with van der Waals surface area (Å²) in [5.74, 6) is -38.3. The SMILES string of the molecule is Fc1c(F)c(F)c(-c2c3ccccc3c(-c3cccc4c(-c5c(F)c(F)c(F)c6c5c(F)c(F)c5c(F)c7c(F)c(F)c(F)c(F)c7c(F)c56)cccc34)c3ccccc23)c(F)c1F. The first-order valence-corrected chi connectivity index (χ1v) is 18.4. The molecule has 0 N–H and O–H groups in total. The van der Waals surface area contributed by atoms with Crippen LogP contribution < -0.4 is 0 Å². The molecule has 0 unspecified atom stereocenters. The third kappa shape index (κ3) is 5.15. The Balaban J connectivity index is 1.33. The van der Waals surface area contributed by atoms with Crippen LogP contribution in [0, 0.1) is 93.1 Å². The van der Waals surface area contributed by atoms with E-state index in [0.29, 0.717) is 0 Å². The molecular weight excluding hydrogens is 880 g/mol. The quantitative estimate of drug-likeness (QED) is 0.0545. The number of fused-ring (bicyclic) bond motifs is 7. The number of halogens is 16. The van der Waals surface area contributed by atoms with Gasteiger partial charge in [0.1, 0.15) is 11.6 Å². The lowest BCUT2D eigenvalue weighted by Gasteiger charge is -2.21. The first-order valence-electron chi connectivity index (χ1n) is 18.4. The summed E-state index contributed by atoms with van der Waals surface area (Å²) in [6, 6.07) is 19.1. The van der Waals surface area contributed by atoms with Crippen LogP contribution in [0.2, 0.25) is 0 Å². The Bertz CT molecular complexity index is 3720. The number of rotatable bonds is 3. The predicted molar refractivity (Wildman–Crippen MR) is 207 cm³/mol. The first-order chi connectivity index (χ1) is 30.5. The molecule has 0 fully saturated rings. The molecule has 0 atom stereocenters. The lowest BCUT2D eigenvalue weighted by atomic mass is 9.83. The van der Waals surface area contributed by atoms with Crippen LogP contribution in [-0.2, 0) is 0 Å². The molecule has 16 heteroatoms. The van der Waals surface area contributed by atoms with Crippen LogP contribution in [0.1, 0.15) is 0 Å². The molecule has 0 heterocycles. The van der Waals surface area contributed by atoms with Crippen LogP contribution in [0.3, 0.4) is 0 Å². The summed E-state index contributed by atoms with van der Waals surface area (Å²) in [4.78, 5) is 0. The zero-order valence-electron chi connectivity index (χ0n) is 31.1. The van der Waals surface area contributed by atoms with E-state index in [-0.39, 0.29) is 43.4 Å². The molecule has 0 bridgehead atoms. The summed E-state index contributed by atoms with van der Waals surface area (Å²) in [5, 5.41) is -11.1. The molecular formula is C48H14F16. The van der Waals surface area contributed by atoms with E-state index in [2.05, 4.69) is 0 Å². The van der Waals surface area contributed by atoms with E-state index in [9.17, 15) is 26.3 Å². The topological polar surface area (TPSA) is 0 Å². The van der Waals surface area contributed by atoms with Gasteiger partial charge in [-0.15, -0.1) is 0 Å². The molecule has 10 aromatic carbocycles. The van der Waals surface area contributed by atoms with Crippen molar-refractivity contribution < 1.29 is 70.2 Å². The van der Waals surface area contributed by atoms with E-state index in [1.807, 2.05) is 0 Å². The van der Waals surface area contributed by atoms with Gasteiger partial charge in [-0.05, 0) is 49.0 Å². The summed E-state index contributed by atoms with van der Waals surface area (Å²) in [6.45, 7) is 0. The minimum absolute atomic E-state index is 0.0321. The first kappa shape index (κ1) is 40.7. The zero-order chi connectivity index (χ0) is 45.5. The van der Waals surface area contributed by atoms with Crippen LogP contribution >= 0.6 is 0 Å². The molecule has 0 aliphatic carbocycles. The van der Waals surface area contributed by atoms with E-state index in [1.54, 1.807) is 0 Å².